The van der Waals surface area contributed by atoms with Crippen LogP contribution in [0.2, 0.25) is 0 Å². The van der Waals surface area contributed by atoms with Crippen molar-refractivity contribution in [2.45, 2.75) is 44.9 Å². The number of rotatable bonds is 7. The highest BCUT2D eigenvalue weighted by Gasteiger charge is 2.30. The van der Waals surface area contributed by atoms with Crippen molar-refractivity contribution in [2.75, 3.05) is 13.2 Å². The van der Waals surface area contributed by atoms with Gasteiger partial charge < -0.3 is 9.26 Å². The lowest BCUT2D eigenvalue weighted by molar-refractivity contribution is 0.0981. The third-order valence-corrected chi connectivity index (χ3v) is 4.27. The van der Waals surface area contributed by atoms with Crippen molar-refractivity contribution in [3.63, 3.8) is 0 Å². The predicted molar refractivity (Wildman–Crippen MR) is 83.3 cm³/mol. The van der Waals surface area contributed by atoms with Crippen molar-refractivity contribution < 1.29 is 9.26 Å². The maximum Gasteiger partial charge on any atom is 0.230 e. The second-order valence-electron chi connectivity index (χ2n) is 6.00. The molecule has 3 rings (SSSR count). The molecule has 2 aromatic heterocycles. The fourth-order valence-electron chi connectivity index (χ4n) is 2.97. The summed E-state index contributed by atoms with van der Waals surface area (Å²) in [4.78, 5) is 8.57. The molecule has 0 saturated heterocycles. The average Bonchev–Trinajstić information content (AvgIpc) is 3.21. The zero-order chi connectivity index (χ0) is 15.2. The number of ether oxygens (including phenoxy) is 1. The van der Waals surface area contributed by atoms with Crippen molar-refractivity contribution in [3.05, 3.63) is 30.4 Å². The summed E-state index contributed by atoms with van der Waals surface area (Å²) in [5, 5.41) is 4.10. The summed E-state index contributed by atoms with van der Waals surface area (Å²) in [6.45, 7) is 3.93. The maximum absolute atomic E-state index is 5.74. The lowest BCUT2D eigenvalue weighted by Crippen LogP contribution is -2.07. The first-order chi connectivity index (χ1) is 10.9. The van der Waals surface area contributed by atoms with Gasteiger partial charge in [0.15, 0.2) is 0 Å². The Balaban J connectivity index is 1.54. The van der Waals surface area contributed by atoms with Gasteiger partial charge in [-0.05, 0) is 43.7 Å². The molecule has 5 heteroatoms. The van der Waals surface area contributed by atoms with Crippen LogP contribution in [0.25, 0.3) is 11.4 Å². The Morgan fingerprint density at radius 1 is 1.27 bits per heavy atom. The van der Waals surface area contributed by atoms with E-state index in [0.29, 0.717) is 17.7 Å². The maximum atomic E-state index is 5.74. The average molecular weight is 301 g/mol. The second kappa shape index (κ2) is 7.49. The van der Waals surface area contributed by atoms with Crippen molar-refractivity contribution >= 4 is 0 Å². The highest BCUT2D eigenvalue weighted by Crippen LogP contribution is 2.38. The molecule has 2 aromatic rings. The van der Waals surface area contributed by atoms with E-state index in [1.807, 2.05) is 12.1 Å². The standard InChI is InChI=1S/C17H23N3O2/c1-2-3-10-21-12-13-4-5-15(11-13)17-19-16(20-22-17)14-6-8-18-9-7-14/h6-9,13,15H,2-5,10-12H2,1H3/t13-,15+/m0/s1. The lowest BCUT2D eigenvalue weighted by Gasteiger charge is -2.09. The second-order valence-corrected chi connectivity index (χ2v) is 6.00. The molecular formula is C17H23N3O2. The molecule has 118 valence electrons. The number of unbranched alkanes of at least 4 members (excludes halogenated alkanes) is 1. The van der Waals surface area contributed by atoms with Crippen molar-refractivity contribution in [2.24, 2.45) is 5.92 Å². The molecule has 1 aliphatic rings. The fourth-order valence-corrected chi connectivity index (χ4v) is 2.97. The normalized spacial score (nSPS) is 21.3. The third kappa shape index (κ3) is 3.71. The van der Waals surface area contributed by atoms with Gasteiger partial charge in [0.2, 0.25) is 11.7 Å². The first-order valence-electron chi connectivity index (χ1n) is 8.18. The van der Waals surface area contributed by atoms with Crippen LogP contribution in [0.3, 0.4) is 0 Å². The predicted octanol–water partition coefficient (Wildman–Crippen LogP) is 3.83. The summed E-state index contributed by atoms with van der Waals surface area (Å²) in [7, 11) is 0. The van der Waals surface area contributed by atoms with Gasteiger partial charge in [0.05, 0.1) is 0 Å². The van der Waals surface area contributed by atoms with Crippen molar-refractivity contribution in [1.82, 2.24) is 15.1 Å². The van der Waals surface area contributed by atoms with Gasteiger partial charge in [0.25, 0.3) is 0 Å². The zero-order valence-corrected chi connectivity index (χ0v) is 13.1. The van der Waals surface area contributed by atoms with Gasteiger partial charge >= 0.3 is 0 Å². The summed E-state index contributed by atoms with van der Waals surface area (Å²) in [6.07, 6.45) is 9.20. The molecule has 0 amide bonds. The molecule has 0 bridgehead atoms. The van der Waals surface area contributed by atoms with Gasteiger partial charge in [0, 0.05) is 37.1 Å². The van der Waals surface area contributed by atoms with Gasteiger partial charge in [-0.15, -0.1) is 0 Å². The lowest BCUT2D eigenvalue weighted by atomic mass is 10.1. The van der Waals surface area contributed by atoms with Crippen LogP contribution in [-0.2, 0) is 4.74 Å². The van der Waals surface area contributed by atoms with E-state index in [1.165, 1.54) is 12.8 Å². The molecule has 0 aliphatic heterocycles. The van der Waals surface area contributed by atoms with Crippen molar-refractivity contribution in [1.29, 1.82) is 0 Å². The Hall–Kier alpha value is -1.75. The molecule has 1 saturated carbocycles. The largest absolute Gasteiger partial charge is 0.381 e. The van der Waals surface area contributed by atoms with Crippen LogP contribution < -0.4 is 0 Å². The number of nitrogens with zero attached hydrogens (tertiary/aromatic N) is 3. The highest BCUT2D eigenvalue weighted by molar-refractivity contribution is 5.52. The molecule has 0 spiro atoms. The summed E-state index contributed by atoms with van der Waals surface area (Å²) in [5.74, 6) is 2.42. The van der Waals surface area contributed by atoms with E-state index in [-0.39, 0.29) is 0 Å². The fraction of sp³-hybridized carbons (Fsp3) is 0.588. The number of hydrogen-bond donors (Lipinski definition) is 0. The SMILES string of the molecule is CCCCOC[C@H]1CC[C@@H](c2nc(-c3ccncc3)no2)C1. The van der Waals surface area contributed by atoms with Crippen LogP contribution in [0.15, 0.2) is 29.0 Å². The monoisotopic (exact) mass is 301 g/mol. The Morgan fingerprint density at radius 2 is 2.14 bits per heavy atom. The zero-order valence-electron chi connectivity index (χ0n) is 13.1. The third-order valence-electron chi connectivity index (χ3n) is 4.27. The van der Waals surface area contributed by atoms with Gasteiger partial charge in [-0.2, -0.15) is 4.98 Å². The molecule has 0 radical (unpaired) electrons. The van der Waals surface area contributed by atoms with E-state index in [1.54, 1.807) is 12.4 Å². The van der Waals surface area contributed by atoms with E-state index >= 15 is 0 Å². The van der Waals surface area contributed by atoms with Gasteiger partial charge in [-0.3, -0.25) is 4.98 Å². The van der Waals surface area contributed by atoms with Crippen LogP contribution in [0, 0.1) is 5.92 Å². The summed E-state index contributed by atoms with van der Waals surface area (Å²) >= 11 is 0. The molecule has 5 nitrogen and oxygen atoms in total. The minimum absolute atomic E-state index is 0.378. The Labute approximate surface area is 131 Å². The minimum atomic E-state index is 0.378. The van der Waals surface area contributed by atoms with E-state index in [9.17, 15) is 0 Å². The smallest absolute Gasteiger partial charge is 0.230 e. The van der Waals surface area contributed by atoms with Gasteiger partial charge in [0.1, 0.15) is 0 Å². The van der Waals surface area contributed by atoms with Gasteiger partial charge in [-0.25, -0.2) is 0 Å². The Morgan fingerprint density at radius 3 is 2.95 bits per heavy atom. The summed E-state index contributed by atoms with van der Waals surface area (Å²) in [5.41, 5.74) is 0.947. The molecule has 22 heavy (non-hydrogen) atoms. The molecule has 1 fully saturated rings. The van der Waals surface area contributed by atoms with Crippen LogP contribution in [-0.4, -0.2) is 28.3 Å². The Kier molecular flexibility index (Phi) is 5.16. The van der Waals surface area contributed by atoms with Gasteiger partial charge in [-0.1, -0.05) is 18.5 Å². The first kappa shape index (κ1) is 15.2. The molecule has 2 atom stereocenters. The molecule has 1 aliphatic carbocycles. The van der Waals surface area contributed by atoms with E-state index in [0.717, 1.165) is 43.9 Å². The summed E-state index contributed by atoms with van der Waals surface area (Å²) < 4.78 is 11.2. The van der Waals surface area contributed by atoms with E-state index < -0.39 is 0 Å². The number of hydrogen-bond acceptors (Lipinski definition) is 5. The molecule has 0 unspecified atom stereocenters. The molecule has 0 N–H and O–H groups in total. The highest BCUT2D eigenvalue weighted by atomic mass is 16.5. The van der Waals surface area contributed by atoms with E-state index in [2.05, 4.69) is 22.0 Å². The molecule has 0 aromatic carbocycles. The van der Waals surface area contributed by atoms with Crippen LogP contribution in [0.4, 0.5) is 0 Å². The molecular weight excluding hydrogens is 278 g/mol. The van der Waals surface area contributed by atoms with Crippen LogP contribution in [0.5, 0.6) is 0 Å². The van der Waals surface area contributed by atoms with E-state index in [4.69, 9.17) is 9.26 Å². The van der Waals surface area contributed by atoms with Crippen molar-refractivity contribution in [3.8, 4) is 11.4 Å². The van der Waals surface area contributed by atoms with Crippen LogP contribution >= 0.6 is 0 Å². The first-order valence-corrected chi connectivity index (χ1v) is 8.18. The topological polar surface area (TPSA) is 61.0 Å². The minimum Gasteiger partial charge on any atom is -0.381 e. The van der Waals surface area contributed by atoms with Crippen LogP contribution in [0.1, 0.15) is 50.8 Å². The molecule has 2 heterocycles. The number of pyridine rings is 1. The number of aromatic nitrogens is 3. The summed E-state index contributed by atoms with van der Waals surface area (Å²) in [6, 6.07) is 3.79. The quantitative estimate of drug-likeness (QED) is 0.727. The Bertz CT molecular complexity index is 570.